The Labute approximate surface area is 171 Å². The third-order valence-electron chi connectivity index (χ3n) is 5.33. The van der Waals surface area contributed by atoms with E-state index < -0.39 is 42.5 Å². The molecular formula is C19H35N5O5. The summed E-state index contributed by atoms with van der Waals surface area (Å²) < 4.78 is 0. The third kappa shape index (κ3) is 7.62. The first-order valence-electron chi connectivity index (χ1n) is 10.3. The number of carbonyl (C=O) groups excluding carboxylic acids is 3. The fourth-order valence-corrected chi connectivity index (χ4v) is 3.37. The van der Waals surface area contributed by atoms with Crippen LogP contribution in [0.15, 0.2) is 0 Å². The van der Waals surface area contributed by atoms with Crippen LogP contribution in [-0.2, 0) is 19.2 Å². The smallest absolute Gasteiger partial charge is 0.322 e. The SMILES string of the molecule is CCC(C)C(NC(=O)C1CCCN1C(=O)C(N)CCCCN)C(=O)NCC(=O)O. The van der Waals surface area contributed by atoms with Crippen LogP contribution in [0.5, 0.6) is 0 Å². The van der Waals surface area contributed by atoms with E-state index in [0.717, 1.165) is 12.8 Å². The fraction of sp³-hybridized carbons (Fsp3) is 0.789. The van der Waals surface area contributed by atoms with Gasteiger partial charge in [0.1, 0.15) is 18.6 Å². The topological polar surface area (TPSA) is 168 Å². The van der Waals surface area contributed by atoms with Crippen molar-refractivity contribution in [2.24, 2.45) is 17.4 Å². The van der Waals surface area contributed by atoms with Crippen molar-refractivity contribution in [2.75, 3.05) is 19.6 Å². The van der Waals surface area contributed by atoms with Crippen molar-refractivity contribution in [3.8, 4) is 0 Å². The molecule has 10 nitrogen and oxygen atoms in total. The summed E-state index contributed by atoms with van der Waals surface area (Å²) in [5, 5.41) is 13.8. The van der Waals surface area contributed by atoms with E-state index in [1.165, 1.54) is 4.90 Å². The summed E-state index contributed by atoms with van der Waals surface area (Å²) in [7, 11) is 0. The van der Waals surface area contributed by atoms with E-state index >= 15 is 0 Å². The number of carbonyl (C=O) groups is 4. The molecule has 0 bridgehead atoms. The number of unbranched alkanes of at least 4 members (excludes halogenated alkanes) is 1. The Balaban J connectivity index is 2.78. The van der Waals surface area contributed by atoms with Gasteiger partial charge in [-0.1, -0.05) is 26.7 Å². The number of aliphatic carboxylic acids is 1. The molecule has 4 atom stereocenters. The van der Waals surface area contributed by atoms with E-state index in [1.54, 1.807) is 6.92 Å². The van der Waals surface area contributed by atoms with Crippen molar-refractivity contribution < 1.29 is 24.3 Å². The van der Waals surface area contributed by atoms with Crippen molar-refractivity contribution in [2.45, 2.75) is 70.5 Å². The van der Waals surface area contributed by atoms with Crippen LogP contribution >= 0.6 is 0 Å². The van der Waals surface area contributed by atoms with E-state index in [9.17, 15) is 19.2 Å². The summed E-state index contributed by atoms with van der Waals surface area (Å²) in [6.07, 6.45) is 3.83. The monoisotopic (exact) mass is 413 g/mol. The zero-order valence-electron chi connectivity index (χ0n) is 17.4. The highest BCUT2D eigenvalue weighted by Crippen LogP contribution is 2.20. The molecule has 7 N–H and O–H groups in total. The second-order valence-electron chi connectivity index (χ2n) is 7.56. The number of carboxylic acid groups (broad SMARTS) is 1. The first kappa shape index (κ1) is 24.8. The Morgan fingerprint density at radius 1 is 1.24 bits per heavy atom. The molecule has 0 aromatic carbocycles. The van der Waals surface area contributed by atoms with E-state index in [1.807, 2.05) is 6.92 Å². The summed E-state index contributed by atoms with van der Waals surface area (Å²) in [6.45, 7) is 4.14. The molecule has 4 unspecified atom stereocenters. The lowest BCUT2D eigenvalue weighted by molar-refractivity contribution is -0.141. The van der Waals surface area contributed by atoms with Crippen LogP contribution in [0.1, 0.15) is 52.4 Å². The number of amides is 3. The van der Waals surface area contributed by atoms with Crippen LogP contribution < -0.4 is 22.1 Å². The Morgan fingerprint density at radius 2 is 1.93 bits per heavy atom. The van der Waals surface area contributed by atoms with Crippen LogP contribution in [0, 0.1) is 5.92 Å². The van der Waals surface area contributed by atoms with Gasteiger partial charge >= 0.3 is 5.97 Å². The lowest BCUT2D eigenvalue weighted by atomic mass is 9.97. The van der Waals surface area contributed by atoms with Crippen LogP contribution in [0.25, 0.3) is 0 Å². The van der Waals surface area contributed by atoms with Crippen molar-refractivity contribution >= 4 is 23.7 Å². The third-order valence-corrected chi connectivity index (χ3v) is 5.33. The Kier molecular flexibility index (Phi) is 10.6. The molecule has 0 aliphatic carbocycles. The lowest BCUT2D eigenvalue weighted by Crippen LogP contribution is -2.57. The molecule has 1 aliphatic rings. The van der Waals surface area contributed by atoms with Crippen molar-refractivity contribution in [1.82, 2.24) is 15.5 Å². The normalized spacial score (nSPS) is 19.3. The lowest BCUT2D eigenvalue weighted by Gasteiger charge is -2.29. The first-order valence-corrected chi connectivity index (χ1v) is 10.3. The highest BCUT2D eigenvalue weighted by atomic mass is 16.4. The Morgan fingerprint density at radius 3 is 2.52 bits per heavy atom. The van der Waals surface area contributed by atoms with Gasteiger partial charge in [-0.3, -0.25) is 19.2 Å². The summed E-state index contributed by atoms with van der Waals surface area (Å²) in [4.78, 5) is 50.1. The predicted octanol–water partition coefficient (Wildman–Crippen LogP) is -0.835. The van der Waals surface area contributed by atoms with Crippen LogP contribution in [-0.4, -0.2) is 71.5 Å². The minimum atomic E-state index is -1.16. The number of likely N-dealkylation sites (tertiary alicyclic amines) is 1. The number of nitrogens with one attached hydrogen (secondary N) is 2. The maximum absolute atomic E-state index is 12.9. The molecule has 1 heterocycles. The van der Waals surface area contributed by atoms with Gasteiger partial charge in [0.05, 0.1) is 6.04 Å². The summed E-state index contributed by atoms with van der Waals surface area (Å²) in [6, 6.07) is -2.23. The minimum Gasteiger partial charge on any atom is -0.480 e. The van der Waals surface area contributed by atoms with Crippen molar-refractivity contribution in [3.63, 3.8) is 0 Å². The first-order chi connectivity index (χ1) is 13.7. The minimum absolute atomic E-state index is 0.197. The molecule has 1 aliphatic heterocycles. The van der Waals surface area contributed by atoms with Gasteiger partial charge in [0.2, 0.25) is 17.7 Å². The van der Waals surface area contributed by atoms with Crippen LogP contribution in [0.2, 0.25) is 0 Å². The molecule has 0 spiro atoms. The van der Waals surface area contributed by atoms with Crippen molar-refractivity contribution in [3.05, 3.63) is 0 Å². The van der Waals surface area contributed by atoms with E-state index in [-0.39, 0.29) is 11.8 Å². The number of carboxylic acids is 1. The summed E-state index contributed by atoms with van der Waals surface area (Å²) >= 11 is 0. The van der Waals surface area contributed by atoms with Gasteiger partial charge in [0, 0.05) is 6.54 Å². The number of nitrogens with zero attached hydrogens (tertiary/aromatic N) is 1. The largest absolute Gasteiger partial charge is 0.480 e. The van der Waals surface area contributed by atoms with Gasteiger partial charge in [0.25, 0.3) is 0 Å². The second-order valence-corrected chi connectivity index (χ2v) is 7.56. The molecule has 1 fully saturated rings. The average molecular weight is 414 g/mol. The number of hydrogen-bond donors (Lipinski definition) is 5. The number of rotatable bonds is 12. The molecule has 0 aromatic rings. The van der Waals surface area contributed by atoms with E-state index in [4.69, 9.17) is 16.6 Å². The van der Waals surface area contributed by atoms with Crippen molar-refractivity contribution in [1.29, 1.82) is 0 Å². The summed E-state index contributed by atoms with van der Waals surface area (Å²) in [5.74, 6) is -2.60. The predicted molar refractivity (Wildman–Crippen MR) is 108 cm³/mol. The Hall–Kier alpha value is -2.20. The van der Waals surface area contributed by atoms with Gasteiger partial charge in [-0.2, -0.15) is 0 Å². The average Bonchev–Trinajstić information content (AvgIpc) is 3.18. The highest BCUT2D eigenvalue weighted by Gasteiger charge is 2.38. The molecule has 166 valence electrons. The molecule has 0 aromatic heterocycles. The quantitative estimate of drug-likeness (QED) is 0.260. The second kappa shape index (κ2) is 12.4. The van der Waals surface area contributed by atoms with Gasteiger partial charge < -0.3 is 32.1 Å². The van der Waals surface area contributed by atoms with E-state index in [0.29, 0.717) is 38.8 Å². The number of hydrogen-bond acceptors (Lipinski definition) is 6. The number of nitrogens with two attached hydrogens (primary N) is 2. The molecule has 0 saturated carbocycles. The molecular weight excluding hydrogens is 378 g/mol. The van der Waals surface area contributed by atoms with Gasteiger partial charge in [-0.15, -0.1) is 0 Å². The maximum Gasteiger partial charge on any atom is 0.322 e. The highest BCUT2D eigenvalue weighted by molar-refractivity contribution is 5.94. The maximum atomic E-state index is 12.9. The molecule has 0 radical (unpaired) electrons. The standard InChI is InChI=1S/C19H35N5O5/c1-3-12(2)16(18(28)22-11-15(25)26)23-17(27)14-8-6-10-24(14)19(29)13(21)7-4-5-9-20/h12-14,16H,3-11,20-21H2,1-2H3,(H,22,28)(H,23,27)(H,25,26). The summed E-state index contributed by atoms with van der Waals surface area (Å²) in [5.41, 5.74) is 11.5. The molecule has 10 heteroatoms. The molecule has 1 rings (SSSR count). The van der Waals surface area contributed by atoms with Gasteiger partial charge in [-0.25, -0.2) is 0 Å². The van der Waals surface area contributed by atoms with Crippen LogP contribution in [0.3, 0.4) is 0 Å². The molecule has 3 amide bonds. The zero-order valence-corrected chi connectivity index (χ0v) is 17.4. The molecule has 29 heavy (non-hydrogen) atoms. The fourth-order valence-electron chi connectivity index (χ4n) is 3.37. The Bertz CT molecular complexity index is 585. The van der Waals surface area contributed by atoms with Gasteiger partial charge in [-0.05, 0) is 38.1 Å². The molecule has 1 saturated heterocycles. The zero-order chi connectivity index (χ0) is 22.0. The van der Waals surface area contributed by atoms with Gasteiger partial charge in [0.15, 0.2) is 0 Å². The van der Waals surface area contributed by atoms with E-state index in [2.05, 4.69) is 10.6 Å². The van der Waals surface area contributed by atoms with Crippen LogP contribution in [0.4, 0.5) is 0 Å².